The Morgan fingerprint density at radius 3 is 2.59 bits per heavy atom. The molecule has 0 aliphatic carbocycles. The first-order chi connectivity index (χ1) is 10.5. The van der Waals surface area contributed by atoms with Crippen LogP contribution in [0, 0.1) is 13.8 Å². The molecule has 0 N–H and O–H groups in total. The second-order valence-electron chi connectivity index (χ2n) is 4.92. The number of hydrogen-bond acceptors (Lipinski definition) is 5. The quantitative estimate of drug-likeness (QED) is 0.795. The lowest BCUT2D eigenvalue weighted by molar-refractivity contribution is -0.141. The maximum atomic E-state index is 12.6. The van der Waals surface area contributed by atoms with Gasteiger partial charge in [0.25, 0.3) is 5.91 Å². The van der Waals surface area contributed by atoms with E-state index in [1.54, 1.807) is 5.38 Å². The predicted octanol–water partition coefficient (Wildman–Crippen LogP) is 2.58. The summed E-state index contributed by atoms with van der Waals surface area (Å²) in [6.07, 6.45) is 0. The van der Waals surface area contributed by atoms with Crippen molar-refractivity contribution in [3.8, 4) is 0 Å². The van der Waals surface area contributed by atoms with Crippen LogP contribution < -0.4 is 0 Å². The fourth-order valence-electron chi connectivity index (χ4n) is 2.04. The lowest BCUT2D eigenvalue weighted by atomic mass is 10.1. The molecule has 116 valence electrons. The highest BCUT2D eigenvalue weighted by molar-refractivity contribution is 7.09. The molecular weight excluding hydrogens is 300 g/mol. The number of benzene rings is 1. The van der Waals surface area contributed by atoms with Gasteiger partial charge in [0.2, 0.25) is 0 Å². The van der Waals surface area contributed by atoms with Crippen LogP contribution in [0.1, 0.15) is 26.6 Å². The van der Waals surface area contributed by atoms with Gasteiger partial charge < -0.3 is 9.64 Å². The Morgan fingerprint density at radius 1 is 1.27 bits per heavy atom. The molecule has 1 heterocycles. The first-order valence-electron chi connectivity index (χ1n) is 6.84. The maximum absolute atomic E-state index is 12.6. The van der Waals surface area contributed by atoms with E-state index in [1.807, 2.05) is 38.1 Å². The summed E-state index contributed by atoms with van der Waals surface area (Å²) in [5.41, 5.74) is 2.42. The van der Waals surface area contributed by atoms with E-state index in [2.05, 4.69) is 9.72 Å². The van der Waals surface area contributed by atoms with E-state index in [0.29, 0.717) is 12.2 Å². The Labute approximate surface area is 133 Å². The lowest BCUT2D eigenvalue weighted by Crippen LogP contribution is -2.36. The molecule has 0 aliphatic rings. The van der Waals surface area contributed by atoms with E-state index >= 15 is 0 Å². The summed E-state index contributed by atoms with van der Waals surface area (Å²) in [5.74, 6) is -0.716. The van der Waals surface area contributed by atoms with Gasteiger partial charge in [-0.2, -0.15) is 0 Å². The molecule has 0 fully saturated rings. The molecule has 5 nitrogen and oxygen atoms in total. The molecule has 2 rings (SSSR count). The van der Waals surface area contributed by atoms with Crippen molar-refractivity contribution in [2.24, 2.45) is 0 Å². The molecule has 0 saturated carbocycles. The second-order valence-corrected chi connectivity index (χ2v) is 5.98. The minimum atomic E-state index is -0.450. The highest BCUT2D eigenvalue weighted by atomic mass is 32.1. The fraction of sp³-hybridized carbons (Fsp3) is 0.312. The molecule has 0 saturated heterocycles. The molecular formula is C16H18N2O3S. The zero-order valence-corrected chi connectivity index (χ0v) is 13.6. The van der Waals surface area contributed by atoms with Crippen molar-refractivity contribution in [1.82, 2.24) is 9.88 Å². The lowest BCUT2D eigenvalue weighted by Gasteiger charge is -2.21. The number of esters is 1. The van der Waals surface area contributed by atoms with Crippen molar-refractivity contribution in [2.45, 2.75) is 20.4 Å². The third-order valence-electron chi connectivity index (χ3n) is 3.30. The van der Waals surface area contributed by atoms with Gasteiger partial charge >= 0.3 is 5.97 Å². The zero-order valence-electron chi connectivity index (χ0n) is 12.8. The number of methoxy groups -OCH3 is 1. The summed E-state index contributed by atoms with van der Waals surface area (Å²) in [5, 5.41) is 2.53. The zero-order chi connectivity index (χ0) is 16.1. The number of hydrogen-bond donors (Lipinski definition) is 0. The number of ether oxygens (including phenoxy) is 1. The van der Waals surface area contributed by atoms with Crippen LogP contribution in [-0.4, -0.2) is 35.4 Å². The maximum Gasteiger partial charge on any atom is 0.325 e. The van der Waals surface area contributed by atoms with Gasteiger partial charge in [-0.25, -0.2) is 4.98 Å². The van der Waals surface area contributed by atoms with Crippen molar-refractivity contribution in [3.05, 3.63) is 51.5 Å². The van der Waals surface area contributed by atoms with Gasteiger partial charge in [0.1, 0.15) is 12.2 Å². The van der Waals surface area contributed by atoms with Crippen molar-refractivity contribution >= 4 is 23.2 Å². The summed E-state index contributed by atoms with van der Waals surface area (Å²) in [7, 11) is 1.31. The van der Waals surface area contributed by atoms with Crippen molar-refractivity contribution < 1.29 is 14.3 Å². The van der Waals surface area contributed by atoms with E-state index in [4.69, 9.17) is 0 Å². The van der Waals surface area contributed by atoms with Crippen LogP contribution in [0.25, 0.3) is 0 Å². The van der Waals surface area contributed by atoms with Gasteiger partial charge in [-0.3, -0.25) is 9.59 Å². The number of carbonyl (C=O) groups excluding carboxylic acids is 2. The standard InChI is InChI=1S/C16H18N2O3S/c1-11-6-4-5-7-13(11)8-18(9-15(19)21-3)16(20)14-10-22-12(2)17-14/h4-7,10H,8-9H2,1-3H3. The average molecular weight is 318 g/mol. The molecule has 0 spiro atoms. The minimum Gasteiger partial charge on any atom is -0.468 e. The molecule has 1 aromatic carbocycles. The molecule has 0 atom stereocenters. The number of aryl methyl sites for hydroxylation is 2. The molecule has 0 unspecified atom stereocenters. The molecule has 22 heavy (non-hydrogen) atoms. The van der Waals surface area contributed by atoms with Crippen LogP contribution in [0.4, 0.5) is 0 Å². The van der Waals surface area contributed by atoms with Crippen LogP contribution in [0.3, 0.4) is 0 Å². The molecule has 0 aliphatic heterocycles. The molecule has 1 aromatic heterocycles. The smallest absolute Gasteiger partial charge is 0.325 e. The van der Waals surface area contributed by atoms with Crippen LogP contribution >= 0.6 is 11.3 Å². The highest BCUT2D eigenvalue weighted by Crippen LogP contribution is 2.15. The molecule has 0 radical (unpaired) electrons. The first kappa shape index (κ1) is 16.2. The topological polar surface area (TPSA) is 59.5 Å². The molecule has 2 aromatic rings. The molecule has 6 heteroatoms. The predicted molar refractivity (Wildman–Crippen MR) is 84.8 cm³/mol. The number of rotatable bonds is 5. The van der Waals surface area contributed by atoms with Gasteiger partial charge in [-0.05, 0) is 25.0 Å². The minimum absolute atomic E-state index is 0.0970. The molecule has 0 bridgehead atoms. The van der Waals surface area contributed by atoms with Gasteiger partial charge in [0, 0.05) is 11.9 Å². The number of nitrogens with zero attached hydrogens (tertiary/aromatic N) is 2. The largest absolute Gasteiger partial charge is 0.468 e. The van der Waals surface area contributed by atoms with E-state index in [9.17, 15) is 9.59 Å². The number of carbonyl (C=O) groups is 2. The van der Waals surface area contributed by atoms with Gasteiger partial charge in [0.05, 0.1) is 12.1 Å². The summed E-state index contributed by atoms with van der Waals surface area (Å²) in [6.45, 7) is 4.06. The summed E-state index contributed by atoms with van der Waals surface area (Å²) in [6, 6.07) is 7.77. The van der Waals surface area contributed by atoms with E-state index in [0.717, 1.165) is 16.1 Å². The van der Waals surface area contributed by atoms with Crippen LogP contribution in [0.2, 0.25) is 0 Å². The van der Waals surface area contributed by atoms with Crippen molar-refractivity contribution in [3.63, 3.8) is 0 Å². The summed E-state index contributed by atoms with van der Waals surface area (Å²) >= 11 is 1.41. The Kier molecular flexibility index (Phi) is 5.27. The Balaban J connectivity index is 2.24. The van der Waals surface area contributed by atoms with Crippen molar-refractivity contribution in [1.29, 1.82) is 0 Å². The van der Waals surface area contributed by atoms with Crippen LogP contribution in [-0.2, 0) is 16.1 Å². The SMILES string of the molecule is COC(=O)CN(Cc1ccccc1C)C(=O)c1csc(C)n1. The highest BCUT2D eigenvalue weighted by Gasteiger charge is 2.22. The third-order valence-corrected chi connectivity index (χ3v) is 4.07. The third kappa shape index (κ3) is 3.92. The second kappa shape index (κ2) is 7.17. The number of thiazole rings is 1. The first-order valence-corrected chi connectivity index (χ1v) is 7.72. The van der Waals surface area contributed by atoms with Crippen molar-refractivity contribution in [2.75, 3.05) is 13.7 Å². The monoisotopic (exact) mass is 318 g/mol. The van der Waals surface area contributed by atoms with Gasteiger partial charge in [-0.15, -0.1) is 11.3 Å². The Bertz CT molecular complexity index is 682. The fourth-order valence-corrected chi connectivity index (χ4v) is 2.62. The average Bonchev–Trinajstić information content (AvgIpc) is 2.94. The van der Waals surface area contributed by atoms with Crippen LogP contribution in [0.5, 0.6) is 0 Å². The normalized spacial score (nSPS) is 10.3. The summed E-state index contributed by atoms with van der Waals surface area (Å²) in [4.78, 5) is 29.9. The van der Waals surface area contributed by atoms with Crippen LogP contribution in [0.15, 0.2) is 29.6 Å². The van der Waals surface area contributed by atoms with E-state index < -0.39 is 5.97 Å². The number of amides is 1. The summed E-state index contributed by atoms with van der Waals surface area (Å²) < 4.78 is 4.69. The molecule has 1 amide bonds. The van der Waals surface area contributed by atoms with E-state index in [-0.39, 0.29) is 12.5 Å². The Hall–Kier alpha value is -2.21. The Morgan fingerprint density at radius 2 is 2.00 bits per heavy atom. The van der Waals surface area contributed by atoms with Gasteiger partial charge in [-0.1, -0.05) is 24.3 Å². The van der Waals surface area contributed by atoms with E-state index in [1.165, 1.54) is 23.3 Å². The van der Waals surface area contributed by atoms with Gasteiger partial charge in [0.15, 0.2) is 0 Å². The number of aromatic nitrogens is 1.